The number of ether oxygens (including phenoxy) is 1. The van der Waals surface area contributed by atoms with Crippen LogP contribution in [0.15, 0.2) is 66.9 Å². The predicted molar refractivity (Wildman–Crippen MR) is 123 cm³/mol. The maximum atomic E-state index is 13.3. The zero-order valence-electron chi connectivity index (χ0n) is 18.5. The third-order valence-corrected chi connectivity index (χ3v) is 6.54. The van der Waals surface area contributed by atoms with E-state index in [2.05, 4.69) is 47.2 Å². The molecule has 31 heavy (non-hydrogen) atoms. The first-order valence-electron chi connectivity index (χ1n) is 11.5. The van der Waals surface area contributed by atoms with Crippen molar-refractivity contribution in [3.63, 3.8) is 0 Å². The Kier molecular flexibility index (Phi) is 7.42. The van der Waals surface area contributed by atoms with Gasteiger partial charge in [0, 0.05) is 24.2 Å². The zero-order valence-corrected chi connectivity index (χ0v) is 18.5. The van der Waals surface area contributed by atoms with E-state index in [0.717, 1.165) is 36.9 Å². The first kappa shape index (κ1) is 21.6. The molecule has 1 heterocycles. The molecule has 1 N–H and O–H groups in total. The van der Waals surface area contributed by atoms with Gasteiger partial charge in [0.15, 0.2) is 0 Å². The maximum Gasteiger partial charge on any atom is 0.123 e. The van der Waals surface area contributed by atoms with Crippen LogP contribution in [0.4, 0.5) is 4.39 Å². The van der Waals surface area contributed by atoms with Crippen LogP contribution < -0.4 is 9.64 Å². The lowest BCUT2D eigenvalue weighted by molar-refractivity contribution is -0.931. The molecule has 4 rings (SSSR count). The molecule has 0 radical (unpaired) electrons. The van der Waals surface area contributed by atoms with Crippen molar-refractivity contribution in [2.75, 3.05) is 13.7 Å². The summed E-state index contributed by atoms with van der Waals surface area (Å²) in [5.74, 6) is 1.55. The molecule has 0 spiro atoms. The molecule has 1 aliphatic rings. The van der Waals surface area contributed by atoms with Gasteiger partial charge in [0.2, 0.25) is 0 Å². The second-order valence-electron chi connectivity index (χ2n) is 8.91. The number of methoxy groups -OCH3 is 1. The number of quaternary nitrogens is 1. The lowest BCUT2D eigenvalue weighted by Gasteiger charge is -2.28. The van der Waals surface area contributed by atoms with Crippen LogP contribution in [-0.4, -0.2) is 18.2 Å². The number of halogens is 1. The average molecular weight is 422 g/mol. The highest BCUT2D eigenvalue weighted by Gasteiger charge is 2.21. The molecule has 1 unspecified atom stereocenters. The molecule has 0 bridgehead atoms. The highest BCUT2D eigenvalue weighted by atomic mass is 19.1. The van der Waals surface area contributed by atoms with Crippen molar-refractivity contribution in [2.45, 2.75) is 51.7 Å². The van der Waals surface area contributed by atoms with Crippen molar-refractivity contribution in [1.82, 2.24) is 4.57 Å². The van der Waals surface area contributed by atoms with Gasteiger partial charge < -0.3 is 14.2 Å². The summed E-state index contributed by atoms with van der Waals surface area (Å²) in [4.78, 5) is 1.61. The molecule has 0 aliphatic heterocycles. The van der Waals surface area contributed by atoms with E-state index in [0.29, 0.717) is 0 Å². The van der Waals surface area contributed by atoms with Crippen LogP contribution in [0.25, 0.3) is 0 Å². The highest BCUT2D eigenvalue weighted by Crippen LogP contribution is 2.22. The van der Waals surface area contributed by atoms with Crippen LogP contribution in [-0.2, 0) is 19.6 Å². The Bertz CT molecular complexity index is 927. The fourth-order valence-electron chi connectivity index (χ4n) is 4.85. The summed E-state index contributed by atoms with van der Waals surface area (Å²) in [6, 6.07) is 19.7. The van der Waals surface area contributed by atoms with Crippen LogP contribution in [0.2, 0.25) is 0 Å². The Labute approximate surface area is 185 Å². The molecule has 0 amide bonds. The van der Waals surface area contributed by atoms with E-state index in [1.807, 2.05) is 12.1 Å². The second-order valence-corrected chi connectivity index (χ2v) is 8.91. The average Bonchev–Trinajstić information content (AvgIpc) is 3.23. The fraction of sp³-hybridized carbons (Fsp3) is 0.407. The van der Waals surface area contributed by atoms with Crippen LogP contribution in [0.3, 0.4) is 0 Å². The molecule has 2 aromatic carbocycles. The number of benzene rings is 2. The first-order chi connectivity index (χ1) is 15.2. The summed E-state index contributed by atoms with van der Waals surface area (Å²) in [5.41, 5.74) is 3.81. The third kappa shape index (κ3) is 6.20. The van der Waals surface area contributed by atoms with Gasteiger partial charge in [-0.3, -0.25) is 0 Å². The molecule has 1 aromatic heterocycles. The van der Waals surface area contributed by atoms with Crippen LogP contribution in [0.5, 0.6) is 5.75 Å². The minimum Gasteiger partial charge on any atom is -0.497 e. The molecule has 1 fully saturated rings. The lowest BCUT2D eigenvalue weighted by Crippen LogP contribution is -3.10. The molecule has 1 aliphatic carbocycles. The summed E-state index contributed by atoms with van der Waals surface area (Å²) in [5, 5.41) is 0. The van der Waals surface area contributed by atoms with Crippen LogP contribution in [0.1, 0.15) is 48.9 Å². The number of nitrogens with zero attached hydrogens (tertiary/aromatic N) is 1. The Morgan fingerprint density at radius 1 is 0.903 bits per heavy atom. The standard InChI is InChI=1S/C27H33FN2O/c1-31-27-15-11-23(12-16-27)19-29(18-22-6-3-2-4-7-22)21-26-8-5-17-30(26)20-24-9-13-25(28)14-10-24/h5,8-17,22H,2-4,6-7,18-21H2,1H3/p+1. The molecule has 4 heteroatoms. The SMILES string of the molecule is COc1ccc(C[NH+](Cc2cccn2Cc2ccc(F)cc2)CC2CCCCC2)cc1. The number of rotatable bonds is 9. The van der Waals surface area contributed by atoms with Gasteiger partial charge in [0.25, 0.3) is 0 Å². The van der Waals surface area contributed by atoms with Gasteiger partial charge >= 0.3 is 0 Å². The van der Waals surface area contributed by atoms with E-state index in [9.17, 15) is 4.39 Å². The Morgan fingerprint density at radius 2 is 1.61 bits per heavy atom. The van der Waals surface area contributed by atoms with E-state index in [-0.39, 0.29) is 5.82 Å². The number of hydrogen-bond donors (Lipinski definition) is 1. The highest BCUT2D eigenvalue weighted by molar-refractivity contribution is 5.26. The number of nitrogens with one attached hydrogen (secondary N) is 1. The lowest BCUT2D eigenvalue weighted by atomic mass is 9.89. The van der Waals surface area contributed by atoms with Crippen molar-refractivity contribution >= 4 is 0 Å². The van der Waals surface area contributed by atoms with E-state index < -0.39 is 0 Å². The predicted octanol–water partition coefficient (Wildman–Crippen LogP) is 4.85. The van der Waals surface area contributed by atoms with E-state index in [4.69, 9.17) is 4.74 Å². The smallest absolute Gasteiger partial charge is 0.123 e. The maximum absolute atomic E-state index is 13.3. The Balaban J connectivity index is 1.48. The molecule has 1 atom stereocenters. The normalized spacial score (nSPS) is 15.7. The topological polar surface area (TPSA) is 18.6 Å². The van der Waals surface area contributed by atoms with Crippen molar-refractivity contribution in [3.05, 3.63) is 89.5 Å². The number of aromatic nitrogens is 1. The van der Waals surface area contributed by atoms with Gasteiger partial charge in [0.05, 0.1) is 19.3 Å². The van der Waals surface area contributed by atoms with Gasteiger partial charge in [-0.05, 0) is 66.9 Å². The summed E-state index contributed by atoms with van der Waals surface area (Å²) >= 11 is 0. The molecular formula is C27H34FN2O+. The fourth-order valence-corrected chi connectivity index (χ4v) is 4.85. The molecule has 164 valence electrons. The largest absolute Gasteiger partial charge is 0.497 e. The van der Waals surface area contributed by atoms with E-state index in [1.54, 1.807) is 24.1 Å². The van der Waals surface area contributed by atoms with Crippen LogP contribution in [0, 0.1) is 11.7 Å². The van der Waals surface area contributed by atoms with Crippen molar-refractivity contribution in [1.29, 1.82) is 0 Å². The van der Waals surface area contributed by atoms with Gasteiger partial charge in [-0.15, -0.1) is 0 Å². The Hall–Kier alpha value is -2.59. The summed E-state index contributed by atoms with van der Waals surface area (Å²) < 4.78 is 20.9. The quantitative estimate of drug-likeness (QED) is 0.523. The third-order valence-electron chi connectivity index (χ3n) is 6.54. The van der Waals surface area contributed by atoms with Gasteiger partial charge in [-0.2, -0.15) is 0 Å². The van der Waals surface area contributed by atoms with Crippen molar-refractivity contribution < 1.29 is 14.0 Å². The summed E-state index contributed by atoms with van der Waals surface area (Å²) in [6.07, 6.45) is 9.02. The second kappa shape index (κ2) is 10.6. The molecule has 3 aromatic rings. The monoisotopic (exact) mass is 421 g/mol. The Morgan fingerprint density at radius 3 is 2.32 bits per heavy atom. The van der Waals surface area contributed by atoms with E-state index >= 15 is 0 Å². The van der Waals surface area contributed by atoms with Crippen molar-refractivity contribution in [2.24, 2.45) is 5.92 Å². The summed E-state index contributed by atoms with van der Waals surface area (Å²) in [6.45, 7) is 4.01. The molecule has 3 nitrogen and oxygen atoms in total. The van der Waals surface area contributed by atoms with Gasteiger partial charge in [-0.1, -0.05) is 31.4 Å². The minimum absolute atomic E-state index is 0.181. The van der Waals surface area contributed by atoms with Crippen LogP contribution >= 0.6 is 0 Å². The van der Waals surface area contributed by atoms with E-state index in [1.165, 1.54) is 49.9 Å². The number of hydrogen-bond acceptors (Lipinski definition) is 1. The van der Waals surface area contributed by atoms with Gasteiger partial charge in [0.1, 0.15) is 24.7 Å². The molecular weight excluding hydrogens is 387 g/mol. The zero-order chi connectivity index (χ0) is 21.5. The summed E-state index contributed by atoms with van der Waals surface area (Å²) in [7, 11) is 1.71. The molecule has 0 saturated heterocycles. The van der Waals surface area contributed by atoms with Gasteiger partial charge in [-0.25, -0.2) is 4.39 Å². The van der Waals surface area contributed by atoms with Crippen molar-refractivity contribution in [3.8, 4) is 5.75 Å². The molecule has 1 saturated carbocycles. The minimum atomic E-state index is -0.181. The first-order valence-corrected chi connectivity index (χ1v) is 11.5.